The molecular weight excluding hydrogens is 336 g/mol. The Labute approximate surface area is 129 Å². The number of nitrogens with one attached hydrogen (secondary N) is 1. The van der Waals surface area contributed by atoms with Crippen molar-refractivity contribution >= 4 is 50.6 Å². The number of anilines is 1. The Kier molecular flexibility index (Phi) is 4.91. The number of rotatable bonds is 5. The fourth-order valence-electron chi connectivity index (χ4n) is 1.34. The molecule has 0 radical (unpaired) electrons. The Bertz CT molecular complexity index is 714. The van der Waals surface area contributed by atoms with Gasteiger partial charge >= 0.3 is 0 Å². The van der Waals surface area contributed by atoms with Crippen molar-refractivity contribution in [2.24, 2.45) is 0 Å². The fourth-order valence-corrected chi connectivity index (χ4v) is 5.04. The van der Waals surface area contributed by atoms with E-state index in [0.717, 1.165) is 4.34 Å². The number of hydrogen-bond acceptors (Lipinski definition) is 8. The first-order valence-electron chi connectivity index (χ1n) is 5.34. The second-order valence-corrected chi connectivity index (χ2v) is 8.73. The number of hydrogen-bond donors (Lipinski definition) is 2. The molecule has 0 atom stereocenters. The summed E-state index contributed by atoms with van der Waals surface area (Å²) in [6.45, 7) is 0. The zero-order chi connectivity index (χ0) is 14.8. The van der Waals surface area contributed by atoms with Crippen LogP contribution in [0.1, 0.15) is 0 Å². The molecule has 0 aliphatic rings. The summed E-state index contributed by atoms with van der Waals surface area (Å²) >= 11 is 4.17. The maximum atomic E-state index is 12.0. The Morgan fingerprint density at radius 2 is 2.00 bits per heavy atom. The van der Waals surface area contributed by atoms with Crippen molar-refractivity contribution in [3.8, 4) is 0 Å². The molecule has 0 fully saturated rings. The molecule has 2 aromatic rings. The molecule has 1 heterocycles. The van der Waals surface area contributed by atoms with Crippen molar-refractivity contribution < 1.29 is 8.42 Å². The van der Waals surface area contributed by atoms with Gasteiger partial charge in [-0.25, -0.2) is 13.1 Å². The van der Waals surface area contributed by atoms with Crippen molar-refractivity contribution in [3.05, 3.63) is 18.2 Å². The molecular formula is C10H12N4O2S4. The number of thioether (sulfide) groups is 1. The predicted molar refractivity (Wildman–Crippen MR) is 82.9 cm³/mol. The Morgan fingerprint density at radius 3 is 2.60 bits per heavy atom. The van der Waals surface area contributed by atoms with Gasteiger partial charge in [0, 0.05) is 10.6 Å². The van der Waals surface area contributed by atoms with E-state index >= 15 is 0 Å². The molecule has 0 saturated heterocycles. The Hall–Kier alpha value is -0.810. The molecule has 20 heavy (non-hydrogen) atoms. The van der Waals surface area contributed by atoms with Crippen molar-refractivity contribution in [2.45, 2.75) is 18.5 Å². The van der Waals surface area contributed by atoms with E-state index in [-0.39, 0.29) is 4.90 Å². The minimum Gasteiger partial charge on any atom is -0.399 e. The second kappa shape index (κ2) is 6.31. The third-order valence-corrected chi connectivity index (χ3v) is 6.89. The van der Waals surface area contributed by atoms with Gasteiger partial charge in [0.05, 0.1) is 4.90 Å². The van der Waals surface area contributed by atoms with Crippen LogP contribution in [0.25, 0.3) is 0 Å². The number of benzene rings is 1. The molecule has 0 spiro atoms. The lowest BCUT2D eigenvalue weighted by Crippen LogP contribution is -2.19. The van der Waals surface area contributed by atoms with Crippen LogP contribution in [0.3, 0.4) is 0 Å². The Balaban J connectivity index is 2.41. The molecule has 3 N–H and O–H groups in total. The first-order valence-corrected chi connectivity index (χ1v) is 9.69. The summed E-state index contributed by atoms with van der Waals surface area (Å²) in [5, 5.41) is 8.00. The van der Waals surface area contributed by atoms with E-state index in [9.17, 15) is 8.42 Å². The van der Waals surface area contributed by atoms with E-state index in [1.807, 2.05) is 6.26 Å². The van der Waals surface area contributed by atoms with Gasteiger partial charge in [-0.3, -0.25) is 0 Å². The zero-order valence-electron chi connectivity index (χ0n) is 10.7. The monoisotopic (exact) mass is 348 g/mol. The van der Waals surface area contributed by atoms with Gasteiger partial charge in [0.1, 0.15) is 0 Å². The molecule has 0 aliphatic carbocycles. The van der Waals surface area contributed by atoms with Gasteiger partial charge in [-0.05, 0) is 31.5 Å². The molecule has 0 amide bonds. The van der Waals surface area contributed by atoms with Crippen molar-refractivity contribution in [3.63, 3.8) is 0 Å². The van der Waals surface area contributed by atoms with E-state index in [0.29, 0.717) is 14.9 Å². The fraction of sp³-hybridized carbons (Fsp3) is 0.200. The van der Waals surface area contributed by atoms with Gasteiger partial charge in [0.2, 0.25) is 10.0 Å². The quantitative estimate of drug-likeness (QED) is 0.629. The number of sulfonamides is 1. The van der Waals surface area contributed by atoms with Crippen LogP contribution in [0.5, 0.6) is 0 Å². The van der Waals surface area contributed by atoms with Crippen molar-refractivity contribution in [2.75, 3.05) is 19.0 Å². The standard InChI is InChI=1S/C10H12N4O2S4/c1-12-20(15,16)8-5-6(11)3-4-7(8)18-10-14-13-9(17-2)19-10/h3-5,12H,11H2,1-2H3. The SMILES string of the molecule is CNS(=O)(=O)c1cc(N)ccc1Sc1nnc(SC)s1. The van der Waals surface area contributed by atoms with E-state index in [1.54, 1.807) is 12.1 Å². The maximum absolute atomic E-state index is 12.0. The summed E-state index contributed by atoms with van der Waals surface area (Å²) < 4.78 is 27.8. The lowest BCUT2D eigenvalue weighted by Gasteiger charge is -2.08. The van der Waals surface area contributed by atoms with E-state index in [2.05, 4.69) is 14.9 Å². The van der Waals surface area contributed by atoms with Gasteiger partial charge in [0.15, 0.2) is 8.68 Å². The van der Waals surface area contributed by atoms with Gasteiger partial charge in [-0.15, -0.1) is 10.2 Å². The van der Waals surface area contributed by atoms with E-state index in [1.165, 1.54) is 48.0 Å². The number of nitrogens with zero attached hydrogens (tertiary/aromatic N) is 2. The van der Waals surface area contributed by atoms with Crippen LogP contribution in [0, 0.1) is 0 Å². The zero-order valence-corrected chi connectivity index (χ0v) is 13.9. The van der Waals surface area contributed by atoms with Gasteiger partial charge in [-0.2, -0.15) is 0 Å². The van der Waals surface area contributed by atoms with Crippen LogP contribution in [-0.4, -0.2) is 31.9 Å². The molecule has 0 aliphatic heterocycles. The normalized spacial score (nSPS) is 11.7. The van der Waals surface area contributed by atoms with E-state index in [4.69, 9.17) is 5.73 Å². The van der Waals surface area contributed by atoms with Crippen LogP contribution >= 0.6 is 34.9 Å². The summed E-state index contributed by atoms with van der Waals surface area (Å²) in [5.74, 6) is 0. The smallest absolute Gasteiger partial charge is 0.241 e. The highest BCUT2D eigenvalue weighted by Gasteiger charge is 2.19. The van der Waals surface area contributed by atoms with Crippen LogP contribution in [-0.2, 0) is 10.0 Å². The molecule has 108 valence electrons. The largest absolute Gasteiger partial charge is 0.399 e. The molecule has 10 heteroatoms. The van der Waals surface area contributed by atoms with Crippen molar-refractivity contribution in [1.82, 2.24) is 14.9 Å². The summed E-state index contributed by atoms with van der Waals surface area (Å²) in [6.07, 6.45) is 1.91. The summed E-state index contributed by atoms with van der Waals surface area (Å²) in [5.41, 5.74) is 6.06. The minimum absolute atomic E-state index is 0.144. The molecule has 2 rings (SSSR count). The van der Waals surface area contributed by atoms with E-state index < -0.39 is 10.0 Å². The molecule has 1 aromatic heterocycles. The molecule has 0 saturated carbocycles. The third-order valence-electron chi connectivity index (χ3n) is 2.29. The number of nitrogens with two attached hydrogens (primary N) is 1. The van der Waals surface area contributed by atoms with Crippen LogP contribution in [0.2, 0.25) is 0 Å². The highest BCUT2D eigenvalue weighted by Crippen LogP contribution is 2.36. The topological polar surface area (TPSA) is 98.0 Å². The average Bonchev–Trinajstić information content (AvgIpc) is 2.88. The first kappa shape index (κ1) is 15.6. The molecule has 1 aromatic carbocycles. The number of aromatic nitrogens is 2. The highest BCUT2D eigenvalue weighted by molar-refractivity contribution is 8.03. The predicted octanol–water partition coefficient (Wildman–Crippen LogP) is 1.90. The van der Waals surface area contributed by atoms with Crippen molar-refractivity contribution in [1.29, 1.82) is 0 Å². The highest BCUT2D eigenvalue weighted by atomic mass is 32.2. The molecule has 0 unspecified atom stereocenters. The summed E-state index contributed by atoms with van der Waals surface area (Å²) in [7, 11) is -2.20. The number of nitrogen functional groups attached to an aromatic ring is 1. The van der Waals surface area contributed by atoms with Crippen LogP contribution < -0.4 is 10.5 Å². The van der Waals surface area contributed by atoms with Crippen LogP contribution in [0.4, 0.5) is 5.69 Å². The van der Waals surface area contributed by atoms with Crippen LogP contribution in [0.15, 0.2) is 36.7 Å². The van der Waals surface area contributed by atoms with Gasteiger partial charge in [-0.1, -0.05) is 34.9 Å². The second-order valence-electron chi connectivity index (χ2n) is 3.55. The summed E-state index contributed by atoms with van der Waals surface area (Å²) in [4.78, 5) is 0.711. The maximum Gasteiger partial charge on any atom is 0.241 e. The minimum atomic E-state index is -3.57. The Morgan fingerprint density at radius 1 is 1.30 bits per heavy atom. The molecule has 6 nitrogen and oxygen atoms in total. The molecule has 0 bridgehead atoms. The lowest BCUT2D eigenvalue weighted by atomic mass is 10.3. The third kappa shape index (κ3) is 3.44. The van der Waals surface area contributed by atoms with Gasteiger partial charge < -0.3 is 5.73 Å². The first-order chi connectivity index (χ1) is 9.46. The average molecular weight is 349 g/mol. The van der Waals surface area contributed by atoms with Gasteiger partial charge in [0.25, 0.3) is 0 Å². The lowest BCUT2D eigenvalue weighted by molar-refractivity contribution is 0.586. The summed E-state index contributed by atoms with van der Waals surface area (Å²) in [6, 6.07) is 4.77.